The van der Waals surface area contributed by atoms with E-state index in [0.717, 1.165) is 18.5 Å². The number of aldehydes is 1. The highest BCUT2D eigenvalue weighted by atomic mass is 16.6. The van der Waals surface area contributed by atoms with E-state index in [2.05, 4.69) is 15.5 Å². The van der Waals surface area contributed by atoms with Crippen LogP contribution in [0.15, 0.2) is 18.2 Å². The van der Waals surface area contributed by atoms with Gasteiger partial charge in [0.25, 0.3) is 5.91 Å². The summed E-state index contributed by atoms with van der Waals surface area (Å²) in [5, 5.41) is 19.6. The number of phenols is 1. The number of aromatic nitrogens is 2. The number of nitrogens with one attached hydrogen (secondary N) is 2. The smallest absolute Gasteiger partial charge is 0.410 e. The summed E-state index contributed by atoms with van der Waals surface area (Å²) < 4.78 is 16.1. The topological polar surface area (TPSA) is 143 Å². The lowest BCUT2D eigenvalue weighted by molar-refractivity contribution is -0.118. The van der Waals surface area contributed by atoms with Crippen LogP contribution in [0.2, 0.25) is 0 Å². The van der Waals surface area contributed by atoms with Crippen LogP contribution < -0.4 is 14.8 Å². The second kappa shape index (κ2) is 11.6. The van der Waals surface area contributed by atoms with Gasteiger partial charge in [-0.25, -0.2) is 4.79 Å². The molecule has 3 N–H and O–H groups in total. The van der Waals surface area contributed by atoms with Gasteiger partial charge in [0.05, 0.1) is 12.7 Å². The second-order valence-corrected chi connectivity index (χ2v) is 8.62. The van der Waals surface area contributed by atoms with Gasteiger partial charge in [0.2, 0.25) is 0 Å². The molecule has 2 amide bonds. The van der Waals surface area contributed by atoms with Crippen molar-refractivity contribution in [2.75, 3.05) is 25.6 Å². The zero-order valence-electron chi connectivity index (χ0n) is 20.4. The van der Waals surface area contributed by atoms with Gasteiger partial charge in [-0.15, -0.1) is 0 Å². The molecule has 1 fully saturated rings. The maximum absolute atomic E-state index is 12.4. The van der Waals surface area contributed by atoms with Crippen molar-refractivity contribution in [3.8, 4) is 17.2 Å². The zero-order valence-corrected chi connectivity index (χ0v) is 20.4. The first-order chi connectivity index (χ1) is 16.7. The Kier molecular flexibility index (Phi) is 8.56. The lowest BCUT2D eigenvalue weighted by atomic mass is 10.0. The molecule has 0 bridgehead atoms. The van der Waals surface area contributed by atoms with Crippen LogP contribution in [0.5, 0.6) is 17.2 Å². The van der Waals surface area contributed by atoms with E-state index in [-0.39, 0.29) is 47.0 Å². The Balaban J connectivity index is 1.53. The minimum atomic E-state index is -0.492. The fraction of sp³-hybridized carbons (Fsp3) is 0.500. The van der Waals surface area contributed by atoms with E-state index in [1.54, 1.807) is 11.0 Å². The third kappa shape index (κ3) is 6.43. The third-order valence-corrected chi connectivity index (χ3v) is 5.96. The second-order valence-electron chi connectivity index (χ2n) is 8.62. The summed E-state index contributed by atoms with van der Waals surface area (Å²) in [4.78, 5) is 37.7. The molecule has 0 aliphatic heterocycles. The molecule has 1 heterocycles. The maximum Gasteiger partial charge on any atom is 0.410 e. The van der Waals surface area contributed by atoms with Crippen LogP contribution in [0.1, 0.15) is 62.0 Å². The van der Waals surface area contributed by atoms with E-state index in [1.165, 1.54) is 19.2 Å². The Hall–Kier alpha value is -3.76. The van der Waals surface area contributed by atoms with Gasteiger partial charge >= 0.3 is 6.09 Å². The van der Waals surface area contributed by atoms with E-state index >= 15 is 0 Å². The quantitative estimate of drug-likeness (QED) is 0.432. The number of ether oxygens (including phenoxy) is 3. The number of anilines is 1. The molecule has 0 spiro atoms. The number of carbonyl (C=O) groups excluding carboxylic acids is 3. The largest absolute Gasteiger partial charge is 0.507 e. The molecule has 2 atom stereocenters. The number of methoxy groups -OCH3 is 1. The molecule has 1 saturated carbocycles. The molecule has 0 saturated heterocycles. The van der Waals surface area contributed by atoms with Gasteiger partial charge in [-0.1, -0.05) is 0 Å². The lowest BCUT2D eigenvalue weighted by Crippen LogP contribution is -2.38. The van der Waals surface area contributed by atoms with E-state index in [4.69, 9.17) is 14.2 Å². The maximum atomic E-state index is 12.4. The molecule has 11 heteroatoms. The number of aromatic amines is 1. The van der Waals surface area contributed by atoms with Crippen LogP contribution in [0.4, 0.5) is 10.6 Å². The summed E-state index contributed by atoms with van der Waals surface area (Å²) in [6, 6.07) is 4.51. The number of nitrogens with zero attached hydrogens (tertiary/aromatic N) is 2. The van der Waals surface area contributed by atoms with Crippen LogP contribution in [0, 0.1) is 0 Å². The van der Waals surface area contributed by atoms with Gasteiger partial charge < -0.3 is 29.5 Å². The highest BCUT2D eigenvalue weighted by molar-refractivity contribution is 5.91. The van der Waals surface area contributed by atoms with Gasteiger partial charge in [-0.2, -0.15) is 5.10 Å². The zero-order chi connectivity index (χ0) is 25.5. The third-order valence-electron chi connectivity index (χ3n) is 5.96. The molecular weight excluding hydrogens is 456 g/mol. The van der Waals surface area contributed by atoms with E-state index in [0.29, 0.717) is 25.1 Å². The molecular formula is C24H32N4O7. The number of amides is 2. The minimum absolute atomic E-state index is 0.0281. The van der Waals surface area contributed by atoms with Crippen molar-refractivity contribution in [2.45, 2.75) is 58.1 Å². The predicted octanol–water partition coefficient (Wildman–Crippen LogP) is 3.46. The number of H-pyrrole nitrogens is 1. The van der Waals surface area contributed by atoms with Crippen molar-refractivity contribution < 1.29 is 33.7 Å². The molecule has 0 unspecified atom stereocenters. The molecule has 2 aromatic rings. The monoisotopic (exact) mass is 488 g/mol. The van der Waals surface area contributed by atoms with Crippen molar-refractivity contribution in [3.63, 3.8) is 0 Å². The van der Waals surface area contributed by atoms with Crippen LogP contribution in [0.3, 0.4) is 0 Å². The van der Waals surface area contributed by atoms with Crippen LogP contribution in [-0.2, 0) is 9.53 Å². The molecule has 1 aliphatic carbocycles. The molecule has 1 aromatic heterocycles. The molecule has 0 radical (unpaired) electrons. The normalized spacial score (nSPS) is 17.2. The van der Waals surface area contributed by atoms with Crippen molar-refractivity contribution in [3.05, 3.63) is 29.5 Å². The van der Waals surface area contributed by atoms with Gasteiger partial charge in [0.15, 0.2) is 18.7 Å². The SMILES string of the molecule is CCN(C(=O)O[C@@H]1CC[C@H](c2cc(NC(=O)COc3cc(OC)cc(O)c3C=O)n[nH]2)C1)C(C)C. The Morgan fingerprint density at radius 2 is 2.09 bits per heavy atom. The number of carbonyl (C=O) groups is 3. The van der Waals surface area contributed by atoms with Crippen LogP contribution >= 0.6 is 0 Å². The fourth-order valence-electron chi connectivity index (χ4n) is 4.12. The van der Waals surface area contributed by atoms with Crippen LogP contribution in [0.25, 0.3) is 0 Å². The number of hydrogen-bond acceptors (Lipinski definition) is 8. The Morgan fingerprint density at radius 1 is 1.31 bits per heavy atom. The average Bonchev–Trinajstić information content (AvgIpc) is 3.47. The Labute approximate surface area is 203 Å². The molecule has 190 valence electrons. The standard InChI is InChI=1S/C24H32N4O7/c1-5-28(14(2)3)24(32)35-16-7-6-15(8-16)19-11-22(27-26-19)25-23(31)13-34-21-10-17(33-4)9-20(30)18(21)12-29/h9-12,14-16,30H,5-8,13H2,1-4H3,(H2,25,26,27,31)/t15-,16+/m0/s1. The first kappa shape index (κ1) is 25.9. The highest BCUT2D eigenvalue weighted by Crippen LogP contribution is 2.36. The van der Waals surface area contributed by atoms with Gasteiger partial charge in [0, 0.05) is 42.4 Å². The molecule has 1 aliphatic rings. The van der Waals surface area contributed by atoms with Crippen molar-refractivity contribution in [2.24, 2.45) is 0 Å². The number of phenolic OH excluding ortho intramolecular Hbond substituents is 1. The van der Waals surface area contributed by atoms with E-state index in [9.17, 15) is 19.5 Å². The molecule has 11 nitrogen and oxygen atoms in total. The van der Waals surface area contributed by atoms with E-state index < -0.39 is 12.5 Å². The number of benzene rings is 1. The van der Waals surface area contributed by atoms with E-state index in [1.807, 2.05) is 20.8 Å². The van der Waals surface area contributed by atoms with Gasteiger partial charge in [-0.05, 0) is 40.0 Å². The summed E-state index contributed by atoms with van der Waals surface area (Å²) in [7, 11) is 1.41. The first-order valence-electron chi connectivity index (χ1n) is 11.6. The number of hydrogen-bond donors (Lipinski definition) is 3. The number of rotatable bonds is 10. The summed E-state index contributed by atoms with van der Waals surface area (Å²) in [5.41, 5.74) is 0.768. The molecule has 35 heavy (non-hydrogen) atoms. The first-order valence-corrected chi connectivity index (χ1v) is 11.6. The van der Waals surface area contributed by atoms with Gasteiger partial charge in [-0.3, -0.25) is 14.7 Å². The lowest BCUT2D eigenvalue weighted by Gasteiger charge is -2.26. The van der Waals surface area contributed by atoms with Crippen molar-refractivity contribution >= 4 is 24.1 Å². The predicted molar refractivity (Wildman–Crippen MR) is 127 cm³/mol. The fourth-order valence-corrected chi connectivity index (χ4v) is 4.12. The van der Waals surface area contributed by atoms with Gasteiger partial charge in [0.1, 0.15) is 23.4 Å². The van der Waals surface area contributed by atoms with Crippen molar-refractivity contribution in [1.29, 1.82) is 0 Å². The summed E-state index contributed by atoms with van der Waals surface area (Å²) in [6.07, 6.45) is 2.24. The summed E-state index contributed by atoms with van der Waals surface area (Å²) in [6.45, 7) is 6.02. The molecule has 1 aromatic carbocycles. The minimum Gasteiger partial charge on any atom is -0.507 e. The number of aromatic hydroxyl groups is 1. The Morgan fingerprint density at radius 3 is 2.74 bits per heavy atom. The summed E-state index contributed by atoms with van der Waals surface area (Å²) >= 11 is 0. The van der Waals surface area contributed by atoms with Crippen LogP contribution in [-0.4, -0.2) is 70.9 Å². The Bertz CT molecular complexity index is 1050. The van der Waals surface area contributed by atoms with Crippen molar-refractivity contribution in [1.82, 2.24) is 15.1 Å². The average molecular weight is 489 g/mol. The summed E-state index contributed by atoms with van der Waals surface area (Å²) in [5.74, 6) is -0.0260. The highest BCUT2D eigenvalue weighted by Gasteiger charge is 2.31. The molecule has 3 rings (SSSR count).